The molecule has 0 aromatic heterocycles. The van der Waals surface area contributed by atoms with Crippen molar-refractivity contribution in [3.63, 3.8) is 0 Å². The summed E-state index contributed by atoms with van der Waals surface area (Å²) in [6.45, 7) is 24.9. The molecule has 0 saturated heterocycles. The van der Waals surface area contributed by atoms with Crippen LogP contribution in [0, 0.1) is 0 Å². The SMILES string of the molecule is C=CC(=O)OCCCCc1cc(CCCCOC(=O)C=C)cc(-c2ccc3c(c2)C(C)(C)c2cc(-c4cc(C(=C)C)cc(C(=C)C)c4)ccc2-3)c1. The number of esters is 2. The van der Waals surface area contributed by atoms with Crippen LogP contribution in [0.1, 0.15) is 86.8 Å². The summed E-state index contributed by atoms with van der Waals surface area (Å²) in [4.78, 5) is 22.9. The Hall–Kier alpha value is -5.22. The summed E-state index contributed by atoms with van der Waals surface area (Å²) in [7, 11) is 0. The van der Waals surface area contributed by atoms with Gasteiger partial charge >= 0.3 is 11.9 Å². The number of fused-ring (bicyclic) bond motifs is 3. The first-order chi connectivity index (χ1) is 24.4. The van der Waals surface area contributed by atoms with E-state index in [0.717, 1.165) is 60.8 Å². The monoisotopic (exact) mass is 678 g/mol. The van der Waals surface area contributed by atoms with E-state index in [2.05, 4.69) is 113 Å². The molecule has 0 atom stereocenters. The Morgan fingerprint density at radius 1 is 0.588 bits per heavy atom. The van der Waals surface area contributed by atoms with Crippen LogP contribution in [0.2, 0.25) is 0 Å². The van der Waals surface area contributed by atoms with E-state index in [-0.39, 0.29) is 17.4 Å². The highest BCUT2D eigenvalue weighted by molar-refractivity contribution is 5.87. The summed E-state index contributed by atoms with van der Waals surface area (Å²) in [5.74, 6) is -0.769. The highest BCUT2D eigenvalue weighted by atomic mass is 16.5. The Labute approximate surface area is 304 Å². The number of carbonyl (C=O) groups is 2. The number of benzene rings is 4. The predicted molar refractivity (Wildman–Crippen MR) is 212 cm³/mol. The van der Waals surface area contributed by atoms with Crippen LogP contribution in [0.4, 0.5) is 0 Å². The average molecular weight is 679 g/mol. The molecule has 0 spiro atoms. The topological polar surface area (TPSA) is 52.6 Å². The molecule has 4 aromatic carbocycles. The van der Waals surface area contributed by atoms with Gasteiger partial charge in [0.05, 0.1) is 13.2 Å². The van der Waals surface area contributed by atoms with Gasteiger partial charge in [-0.05, 0) is 149 Å². The third-order valence-corrected chi connectivity index (χ3v) is 9.86. The van der Waals surface area contributed by atoms with Crippen LogP contribution in [0.15, 0.2) is 111 Å². The Kier molecular flexibility index (Phi) is 11.8. The smallest absolute Gasteiger partial charge is 0.330 e. The maximum atomic E-state index is 11.5. The highest BCUT2D eigenvalue weighted by Crippen LogP contribution is 2.51. The molecule has 0 unspecified atom stereocenters. The second kappa shape index (κ2) is 16.2. The fraction of sp³-hybridized carbons (Fsp3) is 0.277. The standard InChI is InChI=1S/C47H50O4/c1-9-45(48)50-21-13-11-15-33-23-34(16-12-14-22-51-46(49)10-2)25-39(24-33)35-17-19-41-42-20-18-36(30-44(42)47(7,8)43(41)29-35)40-27-37(31(3)4)26-38(28-40)32(5)6/h9-10,17-20,23-30H,1-3,5,11-16,21-22H2,4,6-8H3. The van der Waals surface area contributed by atoms with Gasteiger partial charge in [-0.3, -0.25) is 0 Å². The molecule has 0 heterocycles. The van der Waals surface area contributed by atoms with Crippen LogP contribution in [0.25, 0.3) is 44.5 Å². The third kappa shape index (κ3) is 8.75. The first-order valence-electron chi connectivity index (χ1n) is 17.9. The Bertz CT molecular complexity index is 1930. The third-order valence-electron chi connectivity index (χ3n) is 9.86. The molecule has 1 aliphatic rings. The van der Waals surface area contributed by atoms with Crippen LogP contribution in [-0.2, 0) is 37.3 Å². The van der Waals surface area contributed by atoms with Crippen LogP contribution in [0.3, 0.4) is 0 Å². The van der Waals surface area contributed by atoms with Crippen molar-refractivity contribution >= 4 is 23.1 Å². The van der Waals surface area contributed by atoms with Crippen molar-refractivity contribution in [1.29, 1.82) is 0 Å². The number of unbranched alkanes of at least 4 members (excludes halogenated alkanes) is 2. The van der Waals surface area contributed by atoms with Crippen LogP contribution in [-0.4, -0.2) is 25.2 Å². The average Bonchev–Trinajstić information content (AvgIpc) is 3.35. The van der Waals surface area contributed by atoms with E-state index in [1.165, 1.54) is 67.8 Å². The van der Waals surface area contributed by atoms with Crippen LogP contribution >= 0.6 is 0 Å². The molecule has 4 nitrogen and oxygen atoms in total. The molecule has 5 rings (SSSR count). The summed E-state index contributed by atoms with van der Waals surface area (Å²) in [5.41, 5.74) is 16.6. The van der Waals surface area contributed by atoms with Crippen molar-refractivity contribution in [2.75, 3.05) is 13.2 Å². The number of rotatable bonds is 16. The van der Waals surface area contributed by atoms with Crippen LogP contribution < -0.4 is 0 Å². The lowest BCUT2D eigenvalue weighted by atomic mass is 9.80. The van der Waals surface area contributed by atoms with Gasteiger partial charge in [0.25, 0.3) is 0 Å². The van der Waals surface area contributed by atoms with Crippen molar-refractivity contribution in [2.24, 2.45) is 0 Å². The van der Waals surface area contributed by atoms with Gasteiger partial charge < -0.3 is 9.47 Å². The first-order valence-corrected chi connectivity index (χ1v) is 17.9. The fourth-order valence-corrected chi connectivity index (χ4v) is 6.93. The normalized spacial score (nSPS) is 12.4. The molecular weight excluding hydrogens is 629 g/mol. The number of hydrogen-bond donors (Lipinski definition) is 0. The van der Waals surface area contributed by atoms with E-state index in [1.807, 2.05) is 13.8 Å². The van der Waals surface area contributed by atoms with Crippen molar-refractivity contribution in [2.45, 2.75) is 71.6 Å². The second-order valence-corrected chi connectivity index (χ2v) is 14.2. The van der Waals surface area contributed by atoms with Crippen molar-refractivity contribution in [1.82, 2.24) is 0 Å². The molecule has 262 valence electrons. The number of carbonyl (C=O) groups excluding carboxylic acids is 2. The summed E-state index contributed by atoms with van der Waals surface area (Å²) >= 11 is 0. The molecule has 0 fully saturated rings. The molecule has 0 saturated carbocycles. The zero-order valence-electron chi connectivity index (χ0n) is 30.7. The summed E-state index contributed by atoms with van der Waals surface area (Å²) in [6.07, 6.45) is 7.55. The lowest BCUT2D eigenvalue weighted by Crippen LogP contribution is -2.15. The largest absolute Gasteiger partial charge is 0.463 e. The van der Waals surface area contributed by atoms with Gasteiger partial charge in [-0.15, -0.1) is 0 Å². The van der Waals surface area contributed by atoms with E-state index in [0.29, 0.717) is 13.2 Å². The van der Waals surface area contributed by atoms with Gasteiger partial charge in [0, 0.05) is 17.6 Å². The van der Waals surface area contributed by atoms with Gasteiger partial charge in [-0.2, -0.15) is 0 Å². The van der Waals surface area contributed by atoms with Crippen LogP contribution in [0.5, 0.6) is 0 Å². The molecule has 0 bridgehead atoms. The molecule has 4 aromatic rings. The minimum atomic E-state index is -0.384. The maximum Gasteiger partial charge on any atom is 0.330 e. The maximum absolute atomic E-state index is 11.5. The van der Waals surface area contributed by atoms with Gasteiger partial charge in [-0.25, -0.2) is 9.59 Å². The molecule has 0 radical (unpaired) electrons. The molecule has 0 aliphatic heterocycles. The lowest BCUT2D eigenvalue weighted by molar-refractivity contribution is -0.138. The van der Waals surface area contributed by atoms with Gasteiger partial charge in [0.1, 0.15) is 0 Å². The van der Waals surface area contributed by atoms with E-state index in [9.17, 15) is 9.59 Å². The van der Waals surface area contributed by atoms with Gasteiger partial charge in [0.15, 0.2) is 0 Å². The predicted octanol–water partition coefficient (Wildman–Crippen LogP) is 11.5. The lowest BCUT2D eigenvalue weighted by Gasteiger charge is -2.23. The number of hydrogen-bond acceptors (Lipinski definition) is 4. The number of ether oxygens (including phenoxy) is 2. The zero-order valence-corrected chi connectivity index (χ0v) is 30.7. The molecule has 0 amide bonds. The summed E-state index contributed by atoms with van der Waals surface area (Å²) in [6, 6.07) is 27.3. The second-order valence-electron chi connectivity index (χ2n) is 14.2. The molecule has 1 aliphatic carbocycles. The number of aryl methyl sites for hydroxylation is 2. The molecule has 4 heteroatoms. The van der Waals surface area contributed by atoms with Crippen molar-refractivity contribution in [3.8, 4) is 33.4 Å². The Morgan fingerprint density at radius 2 is 1.02 bits per heavy atom. The first kappa shape index (κ1) is 37.0. The quantitative estimate of drug-likeness (QED) is 0.0672. The van der Waals surface area contributed by atoms with E-state index < -0.39 is 0 Å². The van der Waals surface area contributed by atoms with Crippen molar-refractivity contribution < 1.29 is 19.1 Å². The zero-order chi connectivity index (χ0) is 36.7. The van der Waals surface area contributed by atoms with Crippen molar-refractivity contribution in [3.05, 3.63) is 145 Å². The van der Waals surface area contributed by atoms with E-state index in [4.69, 9.17) is 9.47 Å². The van der Waals surface area contributed by atoms with Gasteiger partial charge in [0.2, 0.25) is 0 Å². The Balaban J connectivity index is 1.43. The van der Waals surface area contributed by atoms with Gasteiger partial charge in [-0.1, -0.05) is 93.8 Å². The highest BCUT2D eigenvalue weighted by Gasteiger charge is 2.36. The molecule has 0 N–H and O–H groups in total. The fourth-order valence-electron chi connectivity index (χ4n) is 6.93. The minimum absolute atomic E-state index is 0.188. The molecular formula is C47H50O4. The van der Waals surface area contributed by atoms with E-state index >= 15 is 0 Å². The molecule has 51 heavy (non-hydrogen) atoms. The summed E-state index contributed by atoms with van der Waals surface area (Å²) in [5, 5.41) is 0. The minimum Gasteiger partial charge on any atom is -0.463 e. The Morgan fingerprint density at radius 3 is 1.43 bits per heavy atom. The summed E-state index contributed by atoms with van der Waals surface area (Å²) < 4.78 is 10.4. The number of allylic oxidation sites excluding steroid dienone is 2. The van der Waals surface area contributed by atoms with E-state index in [1.54, 1.807) is 0 Å².